The molecule has 1 aliphatic heterocycles. The maximum absolute atomic E-state index is 3.64. The van der Waals surface area contributed by atoms with Gasteiger partial charge in [-0.25, -0.2) is 0 Å². The Balaban J connectivity index is 2.00. The Morgan fingerprint density at radius 3 is 2.79 bits per heavy atom. The molecule has 84 valence electrons. The van der Waals surface area contributed by atoms with Gasteiger partial charge in [-0.1, -0.05) is 13.8 Å². The molecule has 1 aliphatic rings. The van der Waals surface area contributed by atoms with E-state index in [9.17, 15) is 0 Å². The topological polar surface area (TPSA) is 15.3 Å². The van der Waals surface area contributed by atoms with Crippen LogP contribution in [-0.4, -0.2) is 48.6 Å². The number of thioether (sulfide) groups is 1. The summed E-state index contributed by atoms with van der Waals surface area (Å²) in [6.45, 7) is 9.32. The fraction of sp³-hybridized carbons (Fsp3) is 1.00. The van der Waals surface area contributed by atoms with Gasteiger partial charge in [0.05, 0.1) is 0 Å². The average molecular weight is 216 g/mol. The second-order valence-electron chi connectivity index (χ2n) is 3.95. The van der Waals surface area contributed by atoms with Gasteiger partial charge in [0.25, 0.3) is 0 Å². The van der Waals surface area contributed by atoms with E-state index >= 15 is 0 Å². The molecule has 1 rings (SSSR count). The van der Waals surface area contributed by atoms with E-state index < -0.39 is 0 Å². The minimum absolute atomic E-state index is 0.792. The Kier molecular flexibility index (Phi) is 6.65. The summed E-state index contributed by atoms with van der Waals surface area (Å²) in [5.74, 6) is 2.67. The molecule has 1 atom stereocenters. The molecule has 1 unspecified atom stereocenters. The number of nitrogens with zero attached hydrogens (tertiary/aromatic N) is 1. The molecule has 1 heterocycles. The van der Waals surface area contributed by atoms with Crippen LogP contribution in [0.5, 0.6) is 0 Å². The first-order chi connectivity index (χ1) is 6.86. The van der Waals surface area contributed by atoms with Gasteiger partial charge >= 0.3 is 0 Å². The second-order valence-corrected chi connectivity index (χ2v) is 5.10. The highest BCUT2D eigenvalue weighted by Gasteiger charge is 2.14. The standard InChI is InChI=1S/C11H24N2S/c1-3-7-13(4-2)8-6-12-11-5-9-14-10-11/h11-12H,3-10H2,1-2H3. The first-order valence-corrected chi connectivity index (χ1v) is 7.05. The molecule has 0 saturated carbocycles. The van der Waals surface area contributed by atoms with Gasteiger partial charge in [0.15, 0.2) is 0 Å². The fourth-order valence-electron chi connectivity index (χ4n) is 1.87. The predicted molar refractivity (Wildman–Crippen MR) is 66.1 cm³/mol. The number of hydrogen-bond acceptors (Lipinski definition) is 3. The monoisotopic (exact) mass is 216 g/mol. The third kappa shape index (κ3) is 4.67. The van der Waals surface area contributed by atoms with Crippen LogP contribution in [0.3, 0.4) is 0 Å². The second kappa shape index (κ2) is 7.55. The Bertz CT molecular complexity index is 135. The number of hydrogen-bond donors (Lipinski definition) is 1. The smallest absolute Gasteiger partial charge is 0.0166 e. The zero-order chi connectivity index (χ0) is 10.2. The van der Waals surface area contributed by atoms with Gasteiger partial charge in [-0.2, -0.15) is 11.8 Å². The third-order valence-electron chi connectivity index (χ3n) is 2.78. The molecule has 0 radical (unpaired) electrons. The molecular formula is C11H24N2S. The van der Waals surface area contributed by atoms with Crippen molar-refractivity contribution in [1.29, 1.82) is 0 Å². The van der Waals surface area contributed by atoms with Gasteiger partial charge in [-0.3, -0.25) is 0 Å². The molecule has 0 spiro atoms. The Morgan fingerprint density at radius 1 is 1.36 bits per heavy atom. The van der Waals surface area contributed by atoms with E-state index in [2.05, 4.69) is 35.8 Å². The fourth-order valence-corrected chi connectivity index (χ4v) is 3.05. The van der Waals surface area contributed by atoms with Gasteiger partial charge in [-0.05, 0) is 31.7 Å². The van der Waals surface area contributed by atoms with Crippen molar-refractivity contribution in [2.24, 2.45) is 0 Å². The lowest BCUT2D eigenvalue weighted by atomic mass is 10.2. The molecule has 0 bridgehead atoms. The molecule has 0 aromatic rings. The van der Waals surface area contributed by atoms with Gasteiger partial charge < -0.3 is 10.2 Å². The van der Waals surface area contributed by atoms with Crippen LogP contribution in [0.1, 0.15) is 26.7 Å². The van der Waals surface area contributed by atoms with E-state index in [1.54, 1.807) is 0 Å². The van der Waals surface area contributed by atoms with Crippen LogP contribution < -0.4 is 5.32 Å². The predicted octanol–water partition coefficient (Wildman–Crippen LogP) is 1.81. The maximum Gasteiger partial charge on any atom is 0.0166 e. The van der Waals surface area contributed by atoms with Crippen molar-refractivity contribution in [3.8, 4) is 0 Å². The first kappa shape index (κ1) is 12.3. The molecule has 1 saturated heterocycles. The molecule has 0 aromatic carbocycles. The van der Waals surface area contributed by atoms with E-state index in [1.165, 1.54) is 50.5 Å². The van der Waals surface area contributed by atoms with E-state index in [0.29, 0.717) is 0 Å². The molecule has 0 amide bonds. The van der Waals surface area contributed by atoms with Crippen molar-refractivity contribution >= 4 is 11.8 Å². The van der Waals surface area contributed by atoms with Crippen LogP contribution in [-0.2, 0) is 0 Å². The zero-order valence-corrected chi connectivity index (χ0v) is 10.4. The van der Waals surface area contributed by atoms with E-state index in [1.807, 2.05) is 0 Å². The Hall–Kier alpha value is 0.270. The summed E-state index contributed by atoms with van der Waals surface area (Å²) in [5, 5.41) is 3.64. The molecule has 14 heavy (non-hydrogen) atoms. The van der Waals surface area contributed by atoms with Gasteiger partial charge in [0, 0.05) is 24.9 Å². The SMILES string of the molecule is CCCN(CC)CCNC1CCSC1. The number of rotatable bonds is 7. The van der Waals surface area contributed by atoms with Crippen LogP contribution in [0.2, 0.25) is 0 Å². The van der Waals surface area contributed by atoms with Crippen LogP contribution in [0.15, 0.2) is 0 Å². The van der Waals surface area contributed by atoms with Crippen LogP contribution in [0.4, 0.5) is 0 Å². The van der Waals surface area contributed by atoms with E-state index in [0.717, 1.165) is 6.04 Å². The minimum atomic E-state index is 0.792. The lowest BCUT2D eigenvalue weighted by Crippen LogP contribution is -2.37. The van der Waals surface area contributed by atoms with E-state index in [-0.39, 0.29) is 0 Å². The van der Waals surface area contributed by atoms with Crippen LogP contribution in [0, 0.1) is 0 Å². The quantitative estimate of drug-likeness (QED) is 0.699. The largest absolute Gasteiger partial charge is 0.312 e. The summed E-state index contributed by atoms with van der Waals surface area (Å²) in [6, 6.07) is 0.792. The lowest BCUT2D eigenvalue weighted by Gasteiger charge is -2.20. The molecule has 0 aromatic heterocycles. The summed E-state index contributed by atoms with van der Waals surface area (Å²) < 4.78 is 0. The van der Waals surface area contributed by atoms with Crippen molar-refractivity contribution in [2.75, 3.05) is 37.7 Å². The van der Waals surface area contributed by atoms with Crippen LogP contribution >= 0.6 is 11.8 Å². The Morgan fingerprint density at radius 2 is 2.21 bits per heavy atom. The van der Waals surface area contributed by atoms with Crippen LogP contribution in [0.25, 0.3) is 0 Å². The third-order valence-corrected chi connectivity index (χ3v) is 3.94. The summed E-state index contributed by atoms with van der Waals surface area (Å²) >= 11 is 2.08. The molecular weight excluding hydrogens is 192 g/mol. The van der Waals surface area contributed by atoms with Crippen molar-refractivity contribution in [1.82, 2.24) is 10.2 Å². The van der Waals surface area contributed by atoms with Crippen molar-refractivity contribution in [3.63, 3.8) is 0 Å². The highest BCUT2D eigenvalue weighted by Crippen LogP contribution is 2.16. The first-order valence-electron chi connectivity index (χ1n) is 5.90. The van der Waals surface area contributed by atoms with Crippen molar-refractivity contribution in [2.45, 2.75) is 32.7 Å². The summed E-state index contributed by atoms with van der Waals surface area (Å²) in [5.41, 5.74) is 0. The normalized spacial score (nSPS) is 22.1. The maximum atomic E-state index is 3.64. The summed E-state index contributed by atoms with van der Waals surface area (Å²) in [7, 11) is 0. The number of likely N-dealkylation sites (N-methyl/N-ethyl adjacent to an activating group) is 1. The Labute approximate surface area is 92.8 Å². The molecule has 0 aliphatic carbocycles. The summed E-state index contributed by atoms with van der Waals surface area (Å²) in [4.78, 5) is 2.52. The average Bonchev–Trinajstić information content (AvgIpc) is 2.69. The minimum Gasteiger partial charge on any atom is -0.312 e. The van der Waals surface area contributed by atoms with E-state index in [4.69, 9.17) is 0 Å². The van der Waals surface area contributed by atoms with Gasteiger partial charge in [0.1, 0.15) is 0 Å². The lowest BCUT2D eigenvalue weighted by molar-refractivity contribution is 0.284. The number of nitrogens with one attached hydrogen (secondary N) is 1. The molecule has 2 nitrogen and oxygen atoms in total. The molecule has 3 heteroatoms. The molecule has 1 N–H and O–H groups in total. The highest BCUT2D eigenvalue weighted by molar-refractivity contribution is 7.99. The highest BCUT2D eigenvalue weighted by atomic mass is 32.2. The summed E-state index contributed by atoms with van der Waals surface area (Å²) in [6.07, 6.45) is 2.64. The zero-order valence-electron chi connectivity index (χ0n) is 9.59. The molecule has 1 fully saturated rings. The van der Waals surface area contributed by atoms with Gasteiger partial charge in [0.2, 0.25) is 0 Å². The van der Waals surface area contributed by atoms with Gasteiger partial charge in [-0.15, -0.1) is 0 Å². The van der Waals surface area contributed by atoms with Crippen molar-refractivity contribution < 1.29 is 0 Å². The van der Waals surface area contributed by atoms with Crippen molar-refractivity contribution in [3.05, 3.63) is 0 Å².